The molecule has 0 spiro atoms. The summed E-state index contributed by atoms with van der Waals surface area (Å²) in [5.41, 5.74) is 4.94. The number of urea groups is 1. The fourth-order valence-electron chi connectivity index (χ4n) is 5.77. The summed E-state index contributed by atoms with van der Waals surface area (Å²) in [7, 11) is 5.25. The van der Waals surface area contributed by atoms with Gasteiger partial charge in [0.05, 0.1) is 32.5 Å². The lowest BCUT2D eigenvalue weighted by atomic mass is 9.96. The molecule has 226 valence electrons. The number of likely N-dealkylation sites (N-methyl/N-ethyl adjacent to an activating group) is 1. The van der Waals surface area contributed by atoms with Crippen molar-refractivity contribution < 1.29 is 24.2 Å². The summed E-state index contributed by atoms with van der Waals surface area (Å²) in [6, 6.07) is 22.5. The molecule has 3 aromatic carbocycles. The van der Waals surface area contributed by atoms with Crippen LogP contribution in [-0.2, 0) is 18.4 Å². The van der Waals surface area contributed by atoms with Crippen molar-refractivity contribution in [3.05, 3.63) is 84.1 Å². The molecule has 9 nitrogen and oxygen atoms in total. The van der Waals surface area contributed by atoms with Crippen LogP contribution in [0.3, 0.4) is 0 Å². The maximum atomic E-state index is 14.5. The van der Waals surface area contributed by atoms with Crippen LogP contribution in [0.1, 0.15) is 29.9 Å². The van der Waals surface area contributed by atoms with Crippen molar-refractivity contribution in [2.24, 2.45) is 13.0 Å². The van der Waals surface area contributed by atoms with Crippen LogP contribution in [0.5, 0.6) is 5.75 Å². The second-order valence-corrected chi connectivity index (χ2v) is 11.3. The van der Waals surface area contributed by atoms with Gasteiger partial charge in [-0.05, 0) is 48.4 Å². The number of carbonyl (C=O) groups excluding carboxylic acids is 2. The van der Waals surface area contributed by atoms with Gasteiger partial charge in [0.25, 0.3) is 5.91 Å². The quantitative estimate of drug-likeness (QED) is 0.318. The first kappa shape index (κ1) is 30.1. The Morgan fingerprint density at radius 3 is 2.53 bits per heavy atom. The first-order valence-electron chi connectivity index (χ1n) is 14.6. The zero-order valence-corrected chi connectivity index (χ0v) is 25.4. The topological polar surface area (TPSA) is 96.3 Å². The van der Waals surface area contributed by atoms with Gasteiger partial charge in [-0.2, -0.15) is 0 Å². The van der Waals surface area contributed by atoms with Gasteiger partial charge in [-0.25, -0.2) is 4.79 Å². The van der Waals surface area contributed by atoms with E-state index in [4.69, 9.17) is 9.47 Å². The smallest absolute Gasteiger partial charge is 0.321 e. The van der Waals surface area contributed by atoms with Crippen LogP contribution in [0.15, 0.2) is 72.8 Å². The molecule has 0 saturated carbocycles. The van der Waals surface area contributed by atoms with Crippen LogP contribution in [0.4, 0.5) is 10.5 Å². The summed E-state index contributed by atoms with van der Waals surface area (Å²) >= 11 is 0. The van der Waals surface area contributed by atoms with Gasteiger partial charge in [0.2, 0.25) is 0 Å². The summed E-state index contributed by atoms with van der Waals surface area (Å²) < 4.78 is 13.8. The Morgan fingerprint density at radius 2 is 1.81 bits per heavy atom. The van der Waals surface area contributed by atoms with E-state index in [1.165, 1.54) is 0 Å². The number of nitrogens with zero attached hydrogens (tertiary/aromatic N) is 3. The number of para-hydroxylation sites is 1. The number of aliphatic hydroxyl groups excluding tert-OH is 1. The SMILES string of the molecule is COc1ccc(NC(=O)N(C)C[C@H]2OCc3ccccc3-c3c(n(C)c4ccccc34)C(=O)N([C@H](C)CO)C[C@@H]2C)cc1. The maximum Gasteiger partial charge on any atom is 0.321 e. The molecule has 9 heteroatoms. The first-order valence-corrected chi connectivity index (χ1v) is 14.6. The largest absolute Gasteiger partial charge is 0.497 e. The predicted octanol–water partition coefficient (Wildman–Crippen LogP) is 5.38. The monoisotopic (exact) mass is 584 g/mol. The Labute approximate surface area is 252 Å². The highest BCUT2D eigenvalue weighted by Gasteiger charge is 2.34. The van der Waals surface area contributed by atoms with Crippen LogP contribution in [0, 0.1) is 5.92 Å². The second kappa shape index (κ2) is 12.9. The lowest BCUT2D eigenvalue weighted by Crippen LogP contribution is -2.48. The van der Waals surface area contributed by atoms with Crippen LogP contribution >= 0.6 is 0 Å². The maximum absolute atomic E-state index is 14.5. The lowest BCUT2D eigenvalue weighted by Gasteiger charge is -2.35. The van der Waals surface area contributed by atoms with Crippen molar-refractivity contribution in [1.82, 2.24) is 14.4 Å². The fourth-order valence-corrected chi connectivity index (χ4v) is 5.77. The third-order valence-electron chi connectivity index (χ3n) is 8.37. The Balaban J connectivity index is 1.51. The lowest BCUT2D eigenvalue weighted by molar-refractivity contribution is -0.0179. The van der Waals surface area contributed by atoms with Gasteiger partial charge in [0.15, 0.2) is 0 Å². The number of benzene rings is 3. The average Bonchev–Trinajstić information content (AvgIpc) is 3.32. The number of amides is 3. The molecule has 4 aromatic rings. The molecule has 0 fully saturated rings. The molecule has 3 atom stereocenters. The fraction of sp³-hybridized carbons (Fsp3) is 0.353. The summed E-state index contributed by atoms with van der Waals surface area (Å²) in [5.74, 6) is 0.401. The van der Waals surface area contributed by atoms with E-state index in [0.717, 1.165) is 27.6 Å². The molecule has 0 saturated heterocycles. The van der Waals surface area contributed by atoms with Gasteiger partial charge in [-0.15, -0.1) is 0 Å². The van der Waals surface area contributed by atoms with Crippen LogP contribution in [-0.4, -0.2) is 77.4 Å². The Kier molecular flexibility index (Phi) is 9.03. The summed E-state index contributed by atoms with van der Waals surface area (Å²) in [5, 5.41) is 14.1. The molecule has 0 unspecified atom stereocenters. The minimum absolute atomic E-state index is 0.150. The number of aryl methyl sites for hydroxylation is 1. The number of fused-ring (bicyclic) bond motifs is 5. The highest BCUT2D eigenvalue weighted by molar-refractivity contribution is 6.10. The standard InChI is InChI=1S/C34H40N4O5/c1-22-18-38(23(2)20-39)33(40)32-31(28-12-8-9-13-29(28)37(32)4)27-11-7-6-10-24(27)21-43-30(22)19-36(3)34(41)35-25-14-16-26(42-5)17-15-25/h6-17,22-23,30,39H,18-21H2,1-5H3,(H,35,41)/t22-,23+,30+/m0/s1. The van der Waals surface area contributed by atoms with Crippen molar-refractivity contribution in [3.63, 3.8) is 0 Å². The molecule has 5 rings (SSSR count). The molecule has 0 bridgehead atoms. The van der Waals surface area contributed by atoms with E-state index in [2.05, 4.69) is 5.32 Å². The van der Waals surface area contributed by atoms with E-state index >= 15 is 0 Å². The van der Waals surface area contributed by atoms with E-state index in [1.807, 2.05) is 74.0 Å². The molecular formula is C34H40N4O5. The first-order chi connectivity index (χ1) is 20.7. The van der Waals surface area contributed by atoms with Gasteiger partial charge in [-0.3, -0.25) is 4.79 Å². The number of nitrogens with one attached hydrogen (secondary N) is 1. The summed E-state index contributed by atoms with van der Waals surface area (Å²) in [6.07, 6.45) is -0.390. The van der Waals surface area contributed by atoms with Crippen molar-refractivity contribution in [2.45, 2.75) is 32.6 Å². The number of anilines is 1. The molecular weight excluding hydrogens is 544 g/mol. The number of ether oxygens (including phenoxy) is 2. The van der Waals surface area contributed by atoms with E-state index in [-0.39, 0.29) is 30.6 Å². The van der Waals surface area contributed by atoms with Gasteiger partial charge in [-0.1, -0.05) is 49.4 Å². The number of aliphatic hydroxyl groups is 1. The van der Waals surface area contributed by atoms with Gasteiger partial charge in [0, 0.05) is 55.3 Å². The summed E-state index contributed by atoms with van der Waals surface area (Å²) in [4.78, 5) is 31.0. The third kappa shape index (κ3) is 6.09. The molecule has 2 N–H and O–H groups in total. The third-order valence-corrected chi connectivity index (χ3v) is 8.37. The molecule has 43 heavy (non-hydrogen) atoms. The predicted molar refractivity (Wildman–Crippen MR) is 168 cm³/mol. The molecule has 1 aromatic heterocycles. The normalized spacial score (nSPS) is 17.9. The number of carbonyl (C=O) groups is 2. The number of methoxy groups -OCH3 is 1. The molecule has 1 aliphatic heterocycles. The van der Waals surface area contributed by atoms with Crippen LogP contribution in [0.25, 0.3) is 22.0 Å². The average molecular weight is 585 g/mol. The molecule has 0 aliphatic carbocycles. The van der Waals surface area contributed by atoms with E-state index < -0.39 is 6.04 Å². The minimum Gasteiger partial charge on any atom is -0.497 e. The van der Waals surface area contributed by atoms with Gasteiger partial charge >= 0.3 is 6.03 Å². The van der Waals surface area contributed by atoms with Crippen LogP contribution in [0.2, 0.25) is 0 Å². The molecule has 0 radical (unpaired) electrons. The van der Waals surface area contributed by atoms with Crippen molar-refractivity contribution >= 4 is 28.5 Å². The highest BCUT2D eigenvalue weighted by atomic mass is 16.5. The number of hydrogen-bond donors (Lipinski definition) is 2. The molecule has 2 heterocycles. The zero-order chi connectivity index (χ0) is 30.7. The van der Waals surface area contributed by atoms with Crippen molar-refractivity contribution in [3.8, 4) is 16.9 Å². The van der Waals surface area contributed by atoms with E-state index in [0.29, 0.717) is 36.8 Å². The van der Waals surface area contributed by atoms with Crippen molar-refractivity contribution in [1.29, 1.82) is 0 Å². The number of hydrogen-bond acceptors (Lipinski definition) is 5. The molecule has 3 amide bonds. The second-order valence-electron chi connectivity index (χ2n) is 11.3. The van der Waals surface area contributed by atoms with E-state index in [9.17, 15) is 14.7 Å². The van der Waals surface area contributed by atoms with Gasteiger partial charge in [0.1, 0.15) is 11.4 Å². The Hall–Kier alpha value is -4.34. The Bertz CT molecular complexity index is 1600. The van der Waals surface area contributed by atoms with Crippen LogP contribution < -0.4 is 10.1 Å². The number of rotatable bonds is 6. The van der Waals surface area contributed by atoms with E-state index in [1.54, 1.807) is 48.2 Å². The molecule has 1 aliphatic rings. The minimum atomic E-state index is -0.423. The van der Waals surface area contributed by atoms with Crippen molar-refractivity contribution in [2.75, 3.05) is 39.2 Å². The Morgan fingerprint density at radius 1 is 1.12 bits per heavy atom. The zero-order valence-electron chi connectivity index (χ0n) is 25.4. The summed E-state index contributed by atoms with van der Waals surface area (Å²) in [6.45, 7) is 4.66. The highest BCUT2D eigenvalue weighted by Crippen LogP contribution is 2.38. The van der Waals surface area contributed by atoms with Gasteiger partial charge < -0.3 is 34.3 Å². The number of aromatic nitrogens is 1.